The highest BCUT2D eigenvalue weighted by molar-refractivity contribution is 5.95. The fraction of sp³-hybridized carbons (Fsp3) is 0.750. The number of rotatable bonds is 4. The third-order valence-electron chi connectivity index (χ3n) is 4.72. The summed E-state index contributed by atoms with van der Waals surface area (Å²) in [4.78, 5) is 14.6. The maximum absolute atomic E-state index is 12.8. The number of likely N-dealkylation sites (tertiary alicyclic amines) is 1. The summed E-state index contributed by atoms with van der Waals surface area (Å²) in [6.45, 7) is 5.50. The molecule has 1 saturated heterocycles. The summed E-state index contributed by atoms with van der Waals surface area (Å²) >= 11 is 0. The van der Waals surface area contributed by atoms with Gasteiger partial charge in [-0.25, -0.2) is 0 Å². The molecule has 5 heteroatoms. The molecule has 0 aromatic carbocycles. The first kappa shape index (κ1) is 14.6. The van der Waals surface area contributed by atoms with E-state index >= 15 is 0 Å². The fourth-order valence-corrected chi connectivity index (χ4v) is 3.13. The van der Waals surface area contributed by atoms with E-state index < -0.39 is 0 Å². The highest BCUT2D eigenvalue weighted by Crippen LogP contribution is 2.43. The zero-order valence-corrected chi connectivity index (χ0v) is 13.0. The van der Waals surface area contributed by atoms with E-state index in [9.17, 15) is 9.90 Å². The molecule has 1 saturated carbocycles. The molecule has 1 aromatic heterocycles. The molecule has 2 unspecified atom stereocenters. The van der Waals surface area contributed by atoms with Crippen molar-refractivity contribution in [3.8, 4) is 0 Å². The van der Waals surface area contributed by atoms with Gasteiger partial charge in [0.2, 0.25) is 0 Å². The predicted octanol–water partition coefficient (Wildman–Crippen LogP) is 2.33. The van der Waals surface area contributed by atoms with E-state index in [1.807, 2.05) is 4.68 Å². The van der Waals surface area contributed by atoms with Crippen molar-refractivity contribution < 1.29 is 9.90 Å². The van der Waals surface area contributed by atoms with E-state index in [2.05, 4.69) is 18.9 Å². The number of aliphatic hydroxyl groups excluding tert-OH is 1. The van der Waals surface area contributed by atoms with Crippen LogP contribution in [-0.4, -0.2) is 44.9 Å². The molecule has 2 aliphatic rings. The van der Waals surface area contributed by atoms with Gasteiger partial charge < -0.3 is 10.0 Å². The molecule has 1 aliphatic heterocycles. The van der Waals surface area contributed by atoms with E-state index in [0.29, 0.717) is 18.5 Å². The average molecular weight is 291 g/mol. The van der Waals surface area contributed by atoms with Gasteiger partial charge in [-0.15, -0.1) is 0 Å². The molecule has 5 nitrogen and oxygen atoms in total. The predicted molar refractivity (Wildman–Crippen MR) is 80.3 cm³/mol. The first-order valence-corrected chi connectivity index (χ1v) is 8.16. The number of aromatic nitrogens is 2. The minimum absolute atomic E-state index is 0.0465. The molecule has 0 radical (unpaired) electrons. The van der Waals surface area contributed by atoms with Crippen LogP contribution >= 0.6 is 0 Å². The smallest absolute Gasteiger partial charge is 0.257 e. The Balaban J connectivity index is 1.87. The SMILES string of the molecule is CCC(C)n1ncc(C(=O)N2CCCC(O)C2)c1C1CC1. The monoisotopic (exact) mass is 291 g/mol. The van der Waals surface area contributed by atoms with Gasteiger partial charge in [0.1, 0.15) is 0 Å². The van der Waals surface area contributed by atoms with E-state index in [1.165, 1.54) is 0 Å². The van der Waals surface area contributed by atoms with Crippen molar-refractivity contribution in [1.29, 1.82) is 0 Å². The molecule has 1 N–H and O–H groups in total. The lowest BCUT2D eigenvalue weighted by atomic mass is 10.1. The van der Waals surface area contributed by atoms with Crippen LogP contribution in [0, 0.1) is 0 Å². The first-order chi connectivity index (χ1) is 10.1. The van der Waals surface area contributed by atoms with Crippen LogP contribution in [-0.2, 0) is 0 Å². The molecule has 1 aromatic rings. The van der Waals surface area contributed by atoms with Crippen LogP contribution < -0.4 is 0 Å². The fourth-order valence-electron chi connectivity index (χ4n) is 3.13. The Kier molecular flexibility index (Phi) is 4.02. The van der Waals surface area contributed by atoms with E-state index in [1.54, 1.807) is 11.1 Å². The van der Waals surface area contributed by atoms with Gasteiger partial charge in [-0.2, -0.15) is 5.10 Å². The van der Waals surface area contributed by atoms with Crippen molar-refractivity contribution in [3.05, 3.63) is 17.5 Å². The maximum atomic E-state index is 12.8. The van der Waals surface area contributed by atoms with Gasteiger partial charge in [-0.1, -0.05) is 6.92 Å². The minimum atomic E-state index is -0.378. The van der Waals surface area contributed by atoms with Crippen molar-refractivity contribution in [2.75, 3.05) is 13.1 Å². The Morgan fingerprint density at radius 2 is 2.24 bits per heavy atom. The molecule has 1 aliphatic carbocycles. The van der Waals surface area contributed by atoms with Gasteiger partial charge in [0.15, 0.2) is 0 Å². The number of amides is 1. The molecule has 1 amide bonds. The molecule has 2 heterocycles. The Bertz CT molecular complexity index is 522. The quantitative estimate of drug-likeness (QED) is 0.926. The number of nitrogens with zero attached hydrogens (tertiary/aromatic N) is 3. The topological polar surface area (TPSA) is 58.4 Å². The number of carbonyl (C=O) groups is 1. The van der Waals surface area contributed by atoms with E-state index in [4.69, 9.17) is 0 Å². The van der Waals surface area contributed by atoms with Crippen LogP contribution in [0.15, 0.2) is 6.20 Å². The van der Waals surface area contributed by atoms with Gasteiger partial charge in [-0.3, -0.25) is 9.48 Å². The summed E-state index contributed by atoms with van der Waals surface area (Å²) < 4.78 is 2.05. The summed E-state index contributed by atoms with van der Waals surface area (Å²) in [5.74, 6) is 0.542. The normalized spacial score (nSPS) is 24.1. The second-order valence-electron chi connectivity index (χ2n) is 6.47. The lowest BCUT2D eigenvalue weighted by Gasteiger charge is -2.30. The number of hydrogen-bond donors (Lipinski definition) is 1. The molecule has 116 valence electrons. The molecular weight excluding hydrogens is 266 g/mol. The standard InChI is InChI=1S/C16H25N3O2/c1-3-11(2)19-15(12-6-7-12)14(9-17-19)16(21)18-8-4-5-13(20)10-18/h9,11-13,20H,3-8,10H2,1-2H3. The highest BCUT2D eigenvalue weighted by Gasteiger charge is 2.35. The summed E-state index contributed by atoms with van der Waals surface area (Å²) in [5.41, 5.74) is 1.88. The number of piperidine rings is 1. The van der Waals surface area contributed by atoms with Crippen LogP contribution in [0.1, 0.15) is 74.0 Å². The maximum Gasteiger partial charge on any atom is 0.257 e. The van der Waals surface area contributed by atoms with Gasteiger partial charge in [-0.05, 0) is 39.0 Å². The minimum Gasteiger partial charge on any atom is -0.391 e. The van der Waals surface area contributed by atoms with Crippen molar-refractivity contribution in [2.45, 2.75) is 64.0 Å². The van der Waals surface area contributed by atoms with Crippen molar-refractivity contribution >= 4 is 5.91 Å². The zero-order valence-electron chi connectivity index (χ0n) is 13.0. The first-order valence-electron chi connectivity index (χ1n) is 8.16. The van der Waals surface area contributed by atoms with Crippen molar-refractivity contribution in [3.63, 3.8) is 0 Å². The molecule has 3 rings (SSSR count). The summed E-state index contributed by atoms with van der Waals surface area (Å²) in [7, 11) is 0. The van der Waals surface area contributed by atoms with Gasteiger partial charge in [0.05, 0.1) is 23.6 Å². The summed E-state index contributed by atoms with van der Waals surface area (Å²) in [6.07, 6.45) is 6.37. The van der Waals surface area contributed by atoms with Crippen LogP contribution in [0.25, 0.3) is 0 Å². The van der Waals surface area contributed by atoms with E-state index in [-0.39, 0.29) is 12.0 Å². The zero-order chi connectivity index (χ0) is 15.0. The molecule has 21 heavy (non-hydrogen) atoms. The number of aliphatic hydroxyl groups is 1. The Morgan fingerprint density at radius 3 is 2.86 bits per heavy atom. The van der Waals surface area contributed by atoms with Crippen LogP contribution in [0.4, 0.5) is 0 Å². The third kappa shape index (κ3) is 2.84. The second-order valence-corrected chi connectivity index (χ2v) is 6.47. The lowest BCUT2D eigenvalue weighted by Crippen LogP contribution is -2.42. The number of carbonyl (C=O) groups excluding carboxylic acids is 1. The molecule has 0 spiro atoms. The third-order valence-corrected chi connectivity index (χ3v) is 4.72. The summed E-state index contributed by atoms with van der Waals surface area (Å²) in [6, 6.07) is 0.328. The van der Waals surface area contributed by atoms with Crippen molar-refractivity contribution in [1.82, 2.24) is 14.7 Å². The van der Waals surface area contributed by atoms with Crippen molar-refractivity contribution in [2.24, 2.45) is 0 Å². The highest BCUT2D eigenvalue weighted by atomic mass is 16.3. The average Bonchev–Trinajstić information content (AvgIpc) is 3.24. The summed E-state index contributed by atoms with van der Waals surface area (Å²) in [5, 5.41) is 14.3. The van der Waals surface area contributed by atoms with Gasteiger partial charge in [0.25, 0.3) is 5.91 Å². The number of β-amino-alcohol motifs (C(OH)–C–C–N with tert-alkyl or cyclic N) is 1. The molecule has 0 bridgehead atoms. The molecular formula is C16H25N3O2. The Labute approximate surface area is 125 Å². The molecule has 2 fully saturated rings. The largest absolute Gasteiger partial charge is 0.391 e. The van der Waals surface area contributed by atoms with Crippen LogP contribution in [0.2, 0.25) is 0 Å². The van der Waals surface area contributed by atoms with Crippen LogP contribution in [0.3, 0.4) is 0 Å². The van der Waals surface area contributed by atoms with Crippen LogP contribution in [0.5, 0.6) is 0 Å². The lowest BCUT2D eigenvalue weighted by molar-refractivity contribution is 0.0472. The number of hydrogen-bond acceptors (Lipinski definition) is 3. The Morgan fingerprint density at radius 1 is 1.48 bits per heavy atom. The van der Waals surface area contributed by atoms with Gasteiger partial charge in [0, 0.05) is 25.0 Å². The van der Waals surface area contributed by atoms with Gasteiger partial charge >= 0.3 is 0 Å². The van der Waals surface area contributed by atoms with E-state index in [0.717, 1.165) is 49.9 Å². The Hall–Kier alpha value is -1.36. The second kappa shape index (κ2) is 5.79. The molecule has 2 atom stereocenters.